The second-order valence-corrected chi connectivity index (χ2v) is 4.52. The third-order valence-electron chi connectivity index (χ3n) is 3.02. The van der Waals surface area contributed by atoms with Crippen LogP contribution >= 0.6 is 0 Å². The largest absolute Gasteiger partial charge is 0.490 e. The Morgan fingerprint density at radius 3 is 2.33 bits per heavy atom. The minimum atomic E-state index is 0.424. The summed E-state index contributed by atoms with van der Waals surface area (Å²) in [5, 5.41) is 8.77. The molecule has 2 rings (SSSR count). The molecule has 0 saturated heterocycles. The van der Waals surface area contributed by atoms with Gasteiger partial charge in [0.25, 0.3) is 0 Å². The summed E-state index contributed by atoms with van der Waals surface area (Å²) in [5.74, 6) is 1.40. The summed E-state index contributed by atoms with van der Waals surface area (Å²) in [7, 11) is 0. The molecule has 2 aromatic rings. The van der Waals surface area contributed by atoms with E-state index in [0.29, 0.717) is 36.8 Å². The van der Waals surface area contributed by atoms with Crippen molar-refractivity contribution in [1.29, 1.82) is 5.26 Å². The maximum atomic E-state index is 8.77. The third kappa shape index (κ3) is 3.98. The monoisotopic (exact) mass is 282 g/mol. The van der Waals surface area contributed by atoms with E-state index in [1.165, 1.54) is 0 Å². The lowest BCUT2D eigenvalue weighted by Crippen LogP contribution is -2.02. The number of hydrogen-bond acceptors (Lipinski definition) is 4. The van der Waals surface area contributed by atoms with Crippen molar-refractivity contribution in [2.75, 3.05) is 6.61 Å². The van der Waals surface area contributed by atoms with Crippen LogP contribution in [0.15, 0.2) is 42.5 Å². The Bertz CT molecular complexity index is 630. The van der Waals surface area contributed by atoms with Crippen molar-refractivity contribution < 1.29 is 9.47 Å². The molecule has 0 bridgehead atoms. The van der Waals surface area contributed by atoms with E-state index in [0.717, 1.165) is 11.1 Å². The van der Waals surface area contributed by atoms with Crippen LogP contribution in [0.5, 0.6) is 11.5 Å². The van der Waals surface area contributed by atoms with E-state index in [1.807, 2.05) is 37.3 Å². The van der Waals surface area contributed by atoms with Crippen LogP contribution in [0.1, 0.15) is 23.6 Å². The topological polar surface area (TPSA) is 68.3 Å². The van der Waals surface area contributed by atoms with E-state index < -0.39 is 0 Å². The maximum Gasteiger partial charge on any atom is 0.161 e. The summed E-state index contributed by atoms with van der Waals surface area (Å²) >= 11 is 0. The highest BCUT2D eigenvalue weighted by Gasteiger charge is 2.06. The summed E-state index contributed by atoms with van der Waals surface area (Å²) in [6.07, 6.45) is 0. The zero-order chi connectivity index (χ0) is 15.1. The predicted molar refractivity (Wildman–Crippen MR) is 81.0 cm³/mol. The van der Waals surface area contributed by atoms with Gasteiger partial charge in [0, 0.05) is 6.54 Å². The molecule has 0 atom stereocenters. The molecule has 0 aliphatic carbocycles. The average molecular weight is 282 g/mol. The Kier molecular flexibility index (Phi) is 5.19. The summed E-state index contributed by atoms with van der Waals surface area (Å²) in [6, 6.07) is 15.1. The van der Waals surface area contributed by atoms with Gasteiger partial charge in [-0.3, -0.25) is 0 Å². The van der Waals surface area contributed by atoms with Crippen molar-refractivity contribution in [2.45, 2.75) is 20.1 Å². The molecule has 0 amide bonds. The average Bonchev–Trinajstić information content (AvgIpc) is 2.54. The molecule has 0 aliphatic rings. The fourth-order valence-electron chi connectivity index (χ4n) is 1.90. The van der Waals surface area contributed by atoms with E-state index in [2.05, 4.69) is 6.07 Å². The molecule has 108 valence electrons. The highest BCUT2D eigenvalue weighted by Crippen LogP contribution is 2.29. The molecule has 0 spiro atoms. The quantitative estimate of drug-likeness (QED) is 0.884. The van der Waals surface area contributed by atoms with E-state index in [-0.39, 0.29) is 0 Å². The summed E-state index contributed by atoms with van der Waals surface area (Å²) in [5.41, 5.74) is 8.28. The van der Waals surface area contributed by atoms with Gasteiger partial charge in [0.2, 0.25) is 0 Å². The first-order valence-electron chi connectivity index (χ1n) is 6.84. The molecule has 0 unspecified atom stereocenters. The molecule has 4 nitrogen and oxygen atoms in total. The molecule has 2 N–H and O–H groups in total. The van der Waals surface area contributed by atoms with Crippen molar-refractivity contribution >= 4 is 0 Å². The second kappa shape index (κ2) is 7.32. The van der Waals surface area contributed by atoms with Gasteiger partial charge in [-0.05, 0) is 42.3 Å². The molecule has 4 heteroatoms. The first-order chi connectivity index (χ1) is 10.3. The normalized spacial score (nSPS) is 9.95. The number of ether oxygens (including phenoxy) is 2. The first-order valence-corrected chi connectivity index (χ1v) is 6.84. The molecular weight excluding hydrogens is 264 g/mol. The molecule has 0 radical (unpaired) electrons. The van der Waals surface area contributed by atoms with Crippen molar-refractivity contribution in [3.05, 3.63) is 59.2 Å². The summed E-state index contributed by atoms with van der Waals surface area (Å²) in [6.45, 7) is 3.39. The zero-order valence-corrected chi connectivity index (χ0v) is 12.0. The second-order valence-electron chi connectivity index (χ2n) is 4.52. The lowest BCUT2D eigenvalue weighted by Gasteiger charge is -2.13. The fraction of sp³-hybridized carbons (Fsp3) is 0.235. The zero-order valence-electron chi connectivity index (χ0n) is 12.0. The van der Waals surface area contributed by atoms with Crippen molar-refractivity contribution in [2.24, 2.45) is 5.73 Å². The van der Waals surface area contributed by atoms with E-state index in [4.69, 9.17) is 20.5 Å². The molecule has 0 saturated carbocycles. The molecular formula is C17H18N2O2. The van der Waals surface area contributed by atoms with E-state index >= 15 is 0 Å². The summed E-state index contributed by atoms with van der Waals surface area (Å²) < 4.78 is 11.4. The molecule has 0 aromatic heterocycles. The number of nitrogens with zero attached hydrogens (tertiary/aromatic N) is 1. The first kappa shape index (κ1) is 14.9. The van der Waals surface area contributed by atoms with E-state index in [1.54, 1.807) is 12.1 Å². The highest BCUT2D eigenvalue weighted by atomic mass is 16.5. The van der Waals surface area contributed by atoms with Crippen LogP contribution in [-0.4, -0.2) is 6.61 Å². The minimum Gasteiger partial charge on any atom is -0.490 e. The van der Waals surface area contributed by atoms with Gasteiger partial charge < -0.3 is 15.2 Å². The van der Waals surface area contributed by atoms with Gasteiger partial charge in [0.1, 0.15) is 6.61 Å². The number of benzene rings is 2. The molecule has 0 fully saturated rings. The van der Waals surface area contributed by atoms with Crippen molar-refractivity contribution in [3.63, 3.8) is 0 Å². The fourth-order valence-corrected chi connectivity index (χ4v) is 1.90. The Labute approximate surface area is 124 Å². The van der Waals surface area contributed by atoms with Gasteiger partial charge in [-0.15, -0.1) is 0 Å². The molecule has 2 aromatic carbocycles. The third-order valence-corrected chi connectivity index (χ3v) is 3.02. The SMILES string of the molecule is CCOc1cc(CN)ccc1OCc1ccc(C#N)cc1. The van der Waals surface area contributed by atoms with Crippen LogP contribution in [0.3, 0.4) is 0 Å². The van der Waals surface area contributed by atoms with Crippen molar-refractivity contribution in [3.8, 4) is 17.6 Å². The van der Waals surface area contributed by atoms with Crippen LogP contribution in [0.2, 0.25) is 0 Å². The van der Waals surface area contributed by atoms with Gasteiger partial charge in [-0.1, -0.05) is 18.2 Å². The van der Waals surface area contributed by atoms with Crippen LogP contribution in [0.25, 0.3) is 0 Å². The van der Waals surface area contributed by atoms with Gasteiger partial charge in [0.05, 0.1) is 18.2 Å². The van der Waals surface area contributed by atoms with Crippen LogP contribution < -0.4 is 15.2 Å². The predicted octanol–water partition coefficient (Wildman–Crippen LogP) is 2.99. The van der Waals surface area contributed by atoms with Gasteiger partial charge in [-0.2, -0.15) is 5.26 Å². The lowest BCUT2D eigenvalue weighted by atomic mass is 10.1. The maximum absolute atomic E-state index is 8.77. The van der Waals surface area contributed by atoms with Gasteiger partial charge >= 0.3 is 0 Å². The van der Waals surface area contributed by atoms with Crippen LogP contribution in [0, 0.1) is 11.3 Å². The van der Waals surface area contributed by atoms with Crippen molar-refractivity contribution in [1.82, 2.24) is 0 Å². The Morgan fingerprint density at radius 1 is 1.00 bits per heavy atom. The Balaban J connectivity index is 2.09. The summed E-state index contributed by atoms with van der Waals surface area (Å²) in [4.78, 5) is 0. The lowest BCUT2D eigenvalue weighted by molar-refractivity contribution is 0.269. The van der Waals surface area contributed by atoms with Crippen LogP contribution in [0.4, 0.5) is 0 Å². The van der Waals surface area contributed by atoms with E-state index in [9.17, 15) is 0 Å². The molecule has 0 heterocycles. The Morgan fingerprint density at radius 2 is 1.71 bits per heavy atom. The number of rotatable bonds is 6. The highest BCUT2D eigenvalue weighted by molar-refractivity contribution is 5.43. The molecule has 21 heavy (non-hydrogen) atoms. The number of nitriles is 1. The van der Waals surface area contributed by atoms with Gasteiger partial charge in [0.15, 0.2) is 11.5 Å². The smallest absolute Gasteiger partial charge is 0.161 e. The standard InChI is InChI=1S/C17H18N2O2/c1-2-20-17-9-15(11-19)7-8-16(17)21-12-14-5-3-13(10-18)4-6-14/h3-9H,2,11-12,19H2,1H3. The van der Waals surface area contributed by atoms with Crippen LogP contribution in [-0.2, 0) is 13.2 Å². The van der Waals surface area contributed by atoms with Gasteiger partial charge in [-0.25, -0.2) is 0 Å². The minimum absolute atomic E-state index is 0.424. The molecule has 0 aliphatic heterocycles. The Hall–Kier alpha value is -2.51. The number of nitrogens with two attached hydrogens (primary N) is 1. The number of hydrogen-bond donors (Lipinski definition) is 1.